The number of carbonyl (C=O) groups excluding carboxylic acids is 1. The second-order valence-electron chi connectivity index (χ2n) is 5.60. The molecular formula is C18H14ClF3N2O3. The van der Waals surface area contributed by atoms with Crippen molar-refractivity contribution in [2.24, 2.45) is 0 Å². The molecule has 0 aliphatic heterocycles. The van der Waals surface area contributed by atoms with Gasteiger partial charge in [-0.15, -0.1) is 0 Å². The number of aromatic nitrogens is 1. The fraction of sp³-hybridized carbons (Fsp3) is 0.167. The number of fused-ring (bicyclic) bond motifs is 1. The van der Waals surface area contributed by atoms with E-state index in [0.29, 0.717) is 22.4 Å². The summed E-state index contributed by atoms with van der Waals surface area (Å²) in [5, 5.41) is 2.94. The zero-order valence-electron chi connectivity index (χ0n) is 14.2. The van der Waals surface area contributed by atoms with E-state index in [4.69, 9.17) is 21.1 Å². The normalized spacial score (nSPS) is 11.5. The van der Waals surface area contributed by atoms with Crippen LogP contribution in [0.1, 0.15) is 15.9 Å². The molecule has 2 N–H and O–H groups in total. The zero-order valence-corrected chi connectivity index (χ0v) is 15.0. The first-order valence-corrected chi connectivity index (χ1v) is 8.03. The van der Waals surface area contributed by atoms with Crippen LogP contribution >= 0.6 is 11.6 Å². The van der Waals surface area contributed by atoms with Crippen molar-refractivity contribution >= 4 is 34.1 Å². The molecule has 3 rings (SSSR count). The van der Waals surface area contributed by atoms with Crippen LogP contribution in [0, 0.1) is 0 Å². The molecule has 0 spiro atoms. The van der Waals surface area contributed by atoms with Crippen LogP contribution < -0.4 is 14.8 Å². The highest BCUT2D eigenvalue weighted by Gasteiger charge is 2.31. The van der Waals surface area contributed by atoms with Gasteiger partial charge in [0.2, 0.25) is 0 Å². The van der Waals surface area contributed by atoms with E-state index in [1.165, 1.54) is 20.4 Å². The molecule has 1 aromatic heterocycles. The maximum atomic E-state index is 12.9. The summed E-state index contributed by atoms with van der Waals surface area (Å²) < 4.78 is 49.1. The van der Waals surface area contributed by atoms with Crippen molar-refractivity contribution in [1.29, 1.82) is 0 Å². The number of nitrogens with one attached hydrogen (secondary N) is 2. The molecule has 0 fully saturated rings. The summed E-state index contributed by atoms with van der Waals surface area (Å²) in [6.07, 6.45) is -3.10. The molecule has 0 aliphatic carbocycles. The van der Waals surface area contributed by atoms with Gasteiger partial charge in [0.05, 0.1) is 41.6 Å². The Morgan fingerprint density at radius 3 is 2.41 bits per heavy atom. The van der Waals surface area contributed by atoms with E-state index in [0.717, 1.165) is 18.2 Å². The zero-order chi connectivity index (χ0) is 19.8. The smallest absolute Gasteiger partial charge is 0.416 e. The fourth-order valence-electron chi connectivity index (χ4n) is 2.62. The minimum absolute atomic E-state index is 0.00422. The van der Waals surface area contributed by atoms with E-state index in [2.05, 4.69) is 10.3 Å². The maximum Gasteiger partial charge on any atom is 0.416 e. The molecule has 0 aliphatic rings. The van der Waals surface area contributed by atoms with Gasteiger partial charge in [0, 0.05) is 17.6 Å². The second kappa shape index (κ2) is 7.03. The van der Waals surface area contributed by atoms with E-state index < -0.39 is 17.6 Å². The largest absolute Gasteiger partial charge is 0.493 e. The summed E-state index contributed by atoms with van der Waals surface area (Å²) in [7, 11) is 2.94. The minimum Gasteiger partial charge on any atom is -0.493 e. The van der Waals surface area contributed by atoms with Crippen LogP contribution in [0.15, 0.2) is 36.5 Å². The van der Waals surface area contributed by atoms with Crippen molar-refractivity contribution < 1.29 is 27.4 Å². The number of alkyl halides is 3. The highest BCUT2D eigenvalue weighted by molar-refractivity contribution is 6.34. The van der Waals surface area contributed by atoms with E-state index in [1.807, 2.05) is 0 Å². The van der Waals surface area contributed by atoms with Gasteiger partial charge < -0.3 is 19.8 Å². The van der Waals surface area contributed by atoms with Gasteiger partial charge in [-0.3, -0.25) is 4.79 Å². The Hall–Kier alpha value is -2.87. The molecule has 3 aromatic rings. The number of hydrogen-bond acceptors (Lipinski definition) is 3. The minimum atomic E-state index is -4.55. The quantitative estimate of drug-likeness (QED) is 0.642. The summed E-state index contributed by atoms with van der Waals surface area (Å²) in [5.74, 6) is 0.269. The molecule has 0 unspecified atom stereocenters. The van der Waals surface area contributed by atoms with Gasteiger partial charge >= 0.3 is 6.18 Å². The lowest BCUT2D eigenvalue weighted by Crippen LogP contribution is -2.13. The third-order valence-electron chi connectivity index (χ3n) is 3.97. The van der Waals surface area contributed by atoms with Crippen molar-refractivity contribution in [2.45, 2.75) is 6.18 Å². The number of carbonyl (C=O) groups is 1. The number of rotatable bonds is 4. The first-order valence-electron chi connectivity index (χ1n) is 7.65. The summed E-state index contributed by atoms with van der Waals surface area (Å²) in [4.78, 5) is 15.5. The number of amides is 1. The lowest BCUT2D eigenvalue weighted by Gasteiger charge is -2.12. The van der Waals surface area contributed by atoms with Gasteiger partial charge in [-0.25, -0.2) is 0 Å². The van der Waals surface area contributed by atoms with Gasteiger partial charge in [-0.1, -0.05) is 11.6 Å². The summed E-state index contributed by atoms with van der Waals surface area (Å²) in [6, 6.07) is 5.98. The molecule has 0 saturated heterocycles. The van der Waals surface area contributed by atoms with E-state index in [-0.39, 0.29) is 16.3 Å². The van der Waals surface area contributed by atoms with Gasteiger partial charge in [0.15, 0.2) is 11.5 Å². The number of methoxy groups -OCH3 is 2. The average molecular weight is 399 g/mol. The highest BCUT2D eigenvalue weighted by Crippen LogP contribution is 2.35. The van der Waals surface area contributed by atoms with Crippen molar-refractivity contribution in [3.63, 3.8) is 0 Å². The predicted octanol–water partition coefficient (Wildman–Crippen LogP) is 5.11. The predicted molar refractivity (Wildman–Crippen MR) is 95.8 cm³/mol. The molecule has 0 atom stereocenters. The SMILES string of the molecule is COc1cc2[nH]cc(C(=O)Nc3cc(C(F)(F)F)ccc3Cl)c2cc1OC. The van der Waals surface area contributed by atoms with Crippen LogP contribution in [-0.2, 0) is 6.18 Å². The number of benzene rings is 2. The van der Waals surface area contributed by atoms with Gasteiger partial charge in [-0.2, -0.15) is 13.2 Å². The Bertz CT molecular complexity index is 1010. The fourth-order valence-corrected chi connectivity index (χ4v) is 2.79. The lowest BCUT2D eigenvalue weighted by molar-refractivity contribution is -0.137. The maximum absolute atomic E-state index is 12.9. The topological polar surface area (TPSA) is 63.4 Å². The first-order chi connectivity index (χ1) is 12.7. The number of halogens is 4. The van der Waals surface area contributed by atoms with Crippen molar-refractivity contribution in [2.75, 3.05) is 19.5 Å². The van der Waals surface area contributed by atoms with E-state index in [9.17, 15) is 18.0 Å². The Morgan fingerprint density at radius 1 is 1.11 bits per heavy atom. The van der Waals surface area contributed by atoms with Crippen LogP contribution in [0.25, 0.3) is 10.9 Å². The van der Waals surface area contributed by atoms with Crippen LogP contribution in [0.5, 0.6) is 11.5 Å². The third-order valence-corrected chi connectivity index (χ3v) is 4.30. The number of H-pyrrole nitrogens is 1. The van der Waals surface area contributed by atoms with Crippen LogP contribution in [0.3, 0.4) is 0 Å². The first kappa shape index (κ1) is 18.9. The molecule has 5 nitrogen and oxygen atoms in total. The third kappa shape index (κ3) is 3.66. The lowest BCUT2D eigenvalue weighted by atomic mass is 10.1. The summed E-state index contributed by atoms with van der Waals surface area (Å²) in [6.45, 7) is 0. The van der Waals surface area contributed by atoms with Crippen molar-refractivity contribution in [3.05, 3.63) is 52.7 Å². The molecule has 9 heteroatoms. The number of hydrogen-bond donors (Lipinski definition) is 2. The molecule has 1 amide bonds. The molecule has 142 valence electrons. The van der Waals surface area contributed by atoms with Crippen LogP contribution in [-0.4, -0.2) is 25.1 Å². The molecule has 0 radical (unpaired) electrons. The monoisotopic (exact) mass is 398 g/mol. The molecule has 0 bridgehead atoms. The van der Waals surface area contributed by atoms with E-state index in [1.54, 1.807) is 12.1 Å². The van der Waals surface area contributed by atoms with Crippen molar-refractivity contribution in [1.82, 2.24) is 4.98 Å². The van der Waals surface area contributed by atoms with Crippen molar-refractivity contribution in [3.8, 4) is 11.5 Å². The van der Waals surface area contributed by atoms with Gasteiger partial charge in [0.1, 0.15) is 0 Å². The molecule has 1 heterocycles. The average Bonchev–Trinajstić information content (AvgIpc) is 3.04. The van der Waals surface area contributed by atoms with Crippen LogP contribution in [0.4, 0.5) is 18.9 Å². The highest BCUT2D eigenvalue weighted by atomic mass is 35.5. The van der Waals surface area contributed by atoms with E-state index >= 15 is 0 Å². The Morgan fingerprint density at radius 2 is 1.78 bits per heavy atom. The molecular weight excluding hydrogens is 385 g/mol. The van der Waals surface area contributed by atoms with Gasteiger partial charge in [0.25, 0.3) is 5.91 Å². The second-order valence-corrected chi connectivity index (χ2v) is 6.01. The summed E-state index contributed by atoms with van der Waals surface area (Å²) in [5.41, 5.74) is -0.216. The summed E-state index contributed by atoms with van der Waals surface area (Å²) >= 11 is 5.93. The van der Waals surface area contributed by atoms with Crippen LogP contribution in [0.2, 0.25) is 5.02 Å². The number of aromatic amines is 1. The Balaban J connectivity index is 1.98. The Kier molecular flexibility index (Phi) is 4.93. The standard InChI is InChI=1S/C18H14ClF3N2O3/c1-26-15-6-10-11(8-23-13(10)7-16(15)27-2)17(25)24-14-5-9(18(20,21)22)3-4-12(14)19/h3-8,23H,1-2H3,(H,24,25). The van der Waals surface area contributed by atoms with Gasteiger partial charge in [-0.05, 0) is 24.3 Å². The number of anilines is 1. The molecule has 27 heavy (non-hydrogen) atoms. The molecule has 0 saturated carbocycles. The Labute approximate surface area is 157 Å². The number of ether oxygens (including phenoxy) is 2. The molecule has 2 aromatic carbocycles.